The van der Waals surface area contributed by atoms with Crippen LogP contribution in [0, 0.1) is 11.8 Å². The average Bonchev–Trinajstić information content (AvgIpc) is 2.89. The lowest BCUT2D eigenvalue weighted by Gasteiger charge is -2.04. The third kappa shape index (κ3) is 7.82. The Labute approximate surface area is 109 Å². The van der Waals surface area contributed by atoms with Gasteiger partial charge in [0.2, 0.25) is 0 Å². The van der Waals surface area contributed by atoms with Crippen molar-refractivity contribution >= 4 is 0 Å². The predicted octanol–water partition coefficient (Wildman–Crippen LogP) is 1.15. The molecule has 1 aromatic rings. The number of ether oxygens (including phenoxy) is 1. The summed E-state index contributed by atoms with van der Waals surface area (Å²) in [5.41, 5.74) is 1.00. The summed E-state index contributed by atoms with van der Waals surface area (Å²) in [6.07, 6.45) is 5.75. The van der Waals surface area contributed by atoms with Crippen molar-refractivity contribution < 1.29 is 4.74 Å². The first-order chi connectivity index (χ1) is 8.93. The molecule has 0 radical (unpaired) electrons. The molecular weight excluding hydrogens is 228 g/mol. The minimum atomic E-state index is 0.750. The summed E-state index contributed by atoms with van der Waals surface area (Å²) < 4.78 is 5.45. The Kier molecular flexibility index (Phi) is 8.77. The number of nitrogens with zero attached hydrogens (tertiary/aromatic N) is 2. The summed E-state index contributed by atoms with van der Waals surface area (Å²) in [6.45, 7) is 5.40. The second kappa shape index (κ2) is 10.8. The second-order valence-electron chi connectivity index (χ2n) is 3.96. The number of aromatic nitrogens is 3. The van der Waals surface area contributed by atoms with Gasteiger partial charge in [0.05, 0.1) is 18.5 Å². The summed E-state index contributed by atoms with van der Waals surface area (Å²) in [4.78, 5) is 0. The van der Waals surface area contributed by atoms with Crippen molar-refractivity contribution in [1.82, 2.24) is 20.7 Å². The van der Waals surface area contributed by atoms with Gasteiger partial charge >= 0.3 is 0 Å². The third-order valence-corrected chi connectivity index (χ3v) is 2.46. The van der Waals surface area contributed by atoms with Crippen LogP contribution in [0.25, 0.3) is 0 Å². The maximum absolute atomic E-state index is 5.45. The van der Waals surface area contributed by atoms with Gasteiger partial charge in [0.25, 0.3) is 0 Å². The van der Waals surface area contributed by atoms with Crippen molar-refractivity contribution in [2.45, 2.75) is 32.6 Å². The van der Waals surface area contributed by atoms with Crippen LogP contribution in [0.15, 0.2) is 6.20 Å². The minimum absolute atomic E-state index is 0.750. The molecule has 0 spiro atoms. The molecule has 5 heteroatoms. The van der Waals surface area contributed by atoms with Gasteiger partial charge in [0.1, 0.15) is 0 Å². The Morgan fingerprint density at radius 2 is 2.28 bits per heavy atom. The first-order valence-corrected chi connectivity index (χ1v) is 6.46. The zero-order chi connectivity index (χ0) is 12.9. The van der Waals surface area contributed by atoms with Crippen molar-refractivity contribution in [3.05, 3.63) is 11.9 Å². The molecule has 0 aliphatic carbocycles. The highest BCUT2D eigenvalue weighted by molar-refractivity contribution is 4.94. The molecule has 18 heavy (non-hydrogen) atoms. The standard InChI is InChI=1S/C13H22N4O/c1-2-3-5-10-18-11-6-4-8-14-9-7-13-12-15-17-16-13/h12,14H,4-11H2,1H3,(H,15,16,17). The van der Waals surface area contributed by atoms with Gasteiger partial charge in [-0.2, -0.15) is 15.4 Å². The van der Waals surface area contributed by atoms with E-state index < -0.39 is 0 Å². The van der Waals surface area contributed by atoms with Crippen LogP contribution in [-0.4, -0.2) is 41.7 Å². The van der Waals surface area contributed by atoms with Gasteiger partial charge in [-0.15, -0.1) is 11.8 Å². The van der Waals surface area contributed by atoms with Crippen LogP contribution in [-0.2, 0) is 11.2 Å². The molecule has 0 aromatic carbocycles. The fourth-order valence-electron chi connectivity index (χ4n) is 1.49. The lowest BCUT2D eigenvalue weighted by Crippen LogP contribution is -2.19. The van der Waals surface area contributed by atoms with Gasteiger partial charge < -0.3 is 10.1 Å². The highest BCUT2D eigenvalue weighted by Crippen LogP contribution is 1.91. The van der Waals surface area contributed by atoms with E-state index in [0.717, 1.165) is 57.7 Å². The molecule has 0 fully saturated rings. The molecule has 0 unspecified atom stereocenters. The number of hydrogen-bond donors (Lipinski definition) is 2. The fraction of sp³-hybridized carbons (Fsp3) is 0.692. The van der Waals surface area contributed by atoms with Gasteiger partial charge in [-0.3, -0.25) is 0 Å². The molecule has 1 rings (SSSR count). The van der Waals surface area contributed by atoms with Crippen LogP contribution in [0.3, 0.4) is 0 Å². The van der Waals surface area contributed by atoms with Gasteiger partial charge in [0.15, 0.2) is 0 Å². The topological polar surface area (TPSA) is 62.8 Å². The van der Waals surface area contributed by atoms with Gasteiger partial charge in [0, 0.05) is 26.0 Å². The van der Waals surface area contributed by atoms with E-state index in [1.807, 2.05) is 6.92 Å². The summed E-state index contributed by atoms with van der Waals surface area (Å²) in [6, 6.07) is 0. The van der Waals surface area contributed by atoms with E-state index in [0.29, 0.717) is 0 Å². The molecule has 0 saturated carbocycles. The van der Waals surface area contributed by atoms with Gasteiger partial charge in [-0.1, -0.05) is 0 Å². The number of hydrogen-bond acceptors (Lipinski definition) is 4. The van der Waals surface area contributed by atoms with Crippen LogP contribution < -0.4 is 5.32 Å². The zero-order valence-electron chi connectivity index (χ0n) is 11.0. The van der Waals surface area contributed by atoms with E-state index in [9.17, 15) is 0 Å². The summed E-state index contributed by atoms with van der Waals surface area (Å²) in [7, 11) is 0. The third-order valence-electron chi connectivity index (χ3n) is 2.46. The first-order valence-electron chi connectivity index (χ1n) is 6.46. The number of unbranched alkanes of at least 4 members (excludes halogenated alkanes) is 1. The lowest BCUT2D eigenvalue weighted by atomic mass is 10.3. The second-order valence-corrected chi connectivity index (χ2v) is 3.96. The Balaban J connectivity index is 1.77. The molecular formula is C13H22N4O. The molecule has 0 bridgehead atoms. The number of rotatable bonds is 10. The normalized spacial score (nSPS) is 10.1. The van der Waals surface area contributed by atoms with E-state index >= 15 is 0 Å². The lowest BCUT2D eigenvalue weighted by molar-refractivity contribution is 0.136. The van der Waals surface area contributed by atoms with Crippen LogP contribution in [0.2, 0.25) is 0 Å². The van der Waals surface area contributed by atoms with E-state index in [4.69, 9.17) is 4.74 Å². The molecule has 2 N–H and O–H groups in total. The molecule has 5 nitrogen and oxygen atoms in total. The van der Waals surface area contributed by atoms with Crippen molar-refractivity contribution in [2.75, 3.05) is 26.3 Å². The highest BCUT2D eigenvalue weighted by atomic mass is 16.5. The van der Waals surface area contributed by atoms with Crippen LogP contribution >= 0.6 is 0 Å². The summed E-state index contributed by atoms with van der Waals surface area (Å²) in [5.74, 6) is 5.83. The Bertz CT molecular complexity index is 340. The summed E-state index contributed by atoms with van der Waals surface area (Å²) >= 11 is 0. The van der Waals surface area contributed by atoms with Crippen molar-refractivity contribution in [1.29, 1.82) is 0 Å². The van der Waals surface area contributed by atoms with E-state index in [1.54, 1.807) is 6.20 Å². The summed E-state index contributed by atoms with van der Waals surface area (Å²) in [5, 5.41) is 13.7. The minimum Gasteiger partial charge on any atom is -0.380 e. The predicted molar refractivity (Wildman–Crippen MR) is 71.1 cm³/mol. The fourth-order valence-corrected chi connectivity index (χ4v) is 1.49. The van der Waals surface area contributed by atoms with Crippen molar-refractivity contribution in [3.8, 4) is 11.8 Å². The molecule has 100 valence electrons. The van der Waals surface area contributed by atoms with E-state index in [2.05, 4.69) is 32.6 Å². The number of nitrogens with one attached hydrogen (secondary N) is 2. The van der Waals surface area contributed by atoms with Gasteiger partial charge in [-0.05, 0) is 26.3 Å². The van der Waals surface area contributed by atoms with Gasteiger partial charge in [-0.25, -0.2) is 0 Å². The van der Waals surface area contributed by atoms with Crippen molar-refractivity contribution in [2.24, 2.45) is 0 Å². The van der Waals surface area contributed by atoms with Crippen molar-refractivity contribution in [3.63, 3.8) is 0 Å². The molecule has 0 amide bonds. The Morgan fingerprint density at radius 3 is 3.06 bits per heavy atom. The maximum atomic E-state index is 5.45. The Morgan fingerprint density at radius 1 is 1.33 bits per heavy atom. The first kappa shape index (κ1) is 14.7. The number of aromatic amines is 1. The van der Waals surface area contributed by atoms with Crippen LogP contribution in [0.5, 0.6) is 0 Å². The smallest absolute Gasteiger partial charge is 0.0837 e. The SMILES string of the molecule is CC#CCCOCCCCNCCc1cn[nH]n1. The molecule has 0 atom stereocenters. The largest absolute Gasteiger partial charge is 0.380 e. The van der Waals surface area contributed by atoms with Crippen LogP contribution in [0.4, 0.5) is 0 Å². The molecule has 0 aliphatic heterocycles. The zero-order valence-corrected chi connectivity index (χ0v) is 11.0. The monoisotopic (exact) mass is 250 g/mol. The van der Waals surface area contributed by atoms with E-state index in [1.165, 1.54) is 0 Å². The number of H-pyrrole nitrogens is 1. The van der Waals surface area contributed by atoms with Crippen LogP contribution in [0.1, 0.15) is 31.9 Å². The molecule has 1 aromatic heterocycles. The quantitative estimate of drug-likeness (QED) is 0.483. The maximum Gasteiger partial charge on any atom is 0.0837 e. The van der Waals surface area contributed by atoms with E-state index in [-0.39, 0.29) is 0 Å². The Hall–Kier alpha value is -1.38. The molecule has 1 heterocycles. The molecule has 0 saturated heterocycles. The molecule has 0 aliphatic rings. The highest BCUT2D eigenvalue weighted by Gasteiger charge is 1.95. The average molecular weight is 250 g/mol.